The van der Waals surface area contributed by atoms with Crippen molar-refractivity contribution >= 4 is 5.91 Å². The van der Waals surface area contributed by atoms with E-state index >= 15 is 0 Å². The molecular weight excluding hydrogens is 306 g/mol. The van der Waals surface area contributed by atoms with Crippen LogP contribution in [-0.4, -0.2) is 27.5 Å². The Morgan fingerprint density at radius 1 is 1.29 bits per heavy atom. The highest BCUT2D eigenvalue weighted by molar-refractivity contribution is 5.79. The molecule has 0 saturated carbocycles. The van der Waals surface area contributed by atoms with Gasteiger partial charge in [0.15, 0.2) is 0 Å². The maximum Gasteiger partial charge on any atom is 0.232 e. The van der Waals surface area contributed by atoms with Crippen LogP contribution in [0.5, 0.6) is 0 Å². The molecule has 1 unspecified atom stereocenters. The van der Waals surface area contributed by atoms with Crippen molar-refractivity contribution in [3.63, 3.8) is 0 Å². The van der Waals surface area contributed by atoms with Crippen LogP contribution in [0.25, 0.3) is 11.4 Å². The molecule has 3 aromatic rings. The van der Waals surface area contributed by atoms with Crippen LogP contribution in [-0.2, 0) is 11.3 Å². The fourth-order valence-corrected chi connectivity index (χ4v) is 2.98. The molecule has 1 atom stereocenters. The van der Waals surface area contributed by atoms with Gasteiger partial charge in [0.1, 0.15) is 5.76 Å². The first-order valence-electron chi connectivity index (χ1n) is 7.90. The molecule has 3 heterocycles. The Kier molecular flexibility index (Phi) is 3.65. The first-order chi connectivity index (χ1) is 11.7. The SMILES string of the molecule is Cc1cccc(-c2noc(C3CC(=O)N(Cc4ccco4)C3)n2)c1. The van der Waals surface area contributed by atoms with Crippen LogP contribution in [0.2, 0.25) is 0 Å². The van der Waals surface area contributed by atoms with Crippen molar-refractivity contribution in [2.45, 2.75) is 25.8 Å². The summed E-state index contributed by atoms with van der Waals surface area (Å²) in [6, 6.07) is 11.6. The largest absolute Gasteiger partial charge is 0.467 e. The number of nitrogens with zero attached hydrogens (tertiary/aromatic N) is 3. The number of aryl methyl sites for hydroxylation is 1. The summed E-state index contributed by atoms with van der Waals surface area (Å²) in [7, 11) is 0. The molecule has 24 heavy (non-hydrogen) atoms. The molecule has 4 rings (SSSR count). The first-order valence-corrected chi connectivity index (χ1v) is 7.90. The number of benzene rings is 1. The topological polar surface area (TPSA) is 72.4 Å². The van der Waals surface area contributed by atoms with Gasteiger partial charge in [-0.25, -0.2) is 0 Å². The van der Waals surface area contributed by atoms with E-state index in [1.54, 1.807) is 11.2 Å². The quantitative estimate of drug-likeness (QED) is 0.737. The highest BCUT2D eigenvalue weighted by Crippen LogP contribution is 2.29. The Hall–Kier alpha value is -2.89. The van der Waals surface area contributed by atoms with Gasteiger partial charge < -0.3 is 13.8 Å². The normalized spacial score (nSPS) is 17.6. The average molecular weight is 323 g/mol. The molecule has 1 aromatic carbocycles. The maximum absolute atomic E-state index is 12.2. The highest BCUT2D eigenvalue weighted by Gasteiger charge is 2.34. The molecule has 1 amide bonds. The van der Waals surface area contributed by atoms with Crippen LogP contribution >= 0.6 is 0 Å². The van der Waals surface area contributed by atoms with E-state index in [0.29, 0.717) is 31.2 Å². The Labute approximate surface area is 139 Å². The van der Waals surface area contributed by atoms with Gasteiger partial charge in [-0.1, -0.05) is 28.9 Å². The predicted molar refractivity (Wildman–Crippen MR) is 86.0 cm³/mol. The second kappa shape index (κ2) is 5.96. The second-order valence-corrected chi connectivity index (χ2v) is 6.08. The molecule has 6 nitrogen and oxygen atoms in total. The lowest BCUT2D eigenvalue weighted by atomic mass is 10.1. The number of rotatable bonds is 4. The number of hydrogen-bond donors (Lipinski definition) is 0. The molecular formula is C18H17N3O3. The average Bonchev–Trinajstić information content (AvgIpc) is 3.30. The summed E-state index contributed by atoms with van der Waals surface area (Å²) in [5, 5.41) is 4.06. The zero-order valence-corrected chi connectivity index (χ0v) is 13.3. The molecule has 122 valence electrons. The minimum atomic E-state index is -0.0708. The van der Waals surface area contributed by atoms with Gasteiger partial charge in [0.25, 0.3) is 0 Å². The van der Waals surface area contributed by atoms with Gasteiger partial charge in [0.05, 0.1) is 18.7 Å². The minimum absolute atomic E-state index is 0.0708. The lowest BCUT2D eigenvalue weighted by Crippen LogP contribution is -2.24. The first kappa shape index (κ1) is 14.7. The summed E-state index contributed by atoms with van der Waals surface area (Å²) in [4.78, 5) is 18.5. The number of aromatic nitrogens is 2. The summed E-state index contributed by atoms with van der Waals surface area (Å²) in [5.41, 5.74) is 2.06. The number of hydrogen-bond acceptors (Lipinski definition) is 5. The van der Waals surface area contributed by atoms with Crippen LogP contribution in [0.3, 0.4) is 0 Å². The van der Waals surface area contributed by atoms with E-state index in [9.17, 15) is 4.79 Å². The van der Waals surface area contributed by atoms with Crippen molar-refractivity contribution < 1.29 is 13.7 Å². The predicted octanol–water partition coefficient (Wildman–Crippen LogP) is 3.15. The van der Waals surface area contributed by atoms with Gasteiger partial charge >= 0.3 is 0 Å². The Bertz CT molecular complexity index is 854. The Morgan fingerprint density at radius 2 is 2.21 bits per heavy atom. The zero-order valence-electron chi connectivity index (χ0n) is 13.3. The number of furan rings is 1. The summed E-state index contributed by atoms with van der Waals surface area (Å²) >= 11 is 0. The summed E-state index contributed by atoms with van der Waals surface area (Å²) in [6.45, 7) is 3.06. The van der Waals surface area contributed by atoms with Gasteiger partial charge in [0.2, 0.25) is 17.6 Å². The Balaban J connectivity index is 1.50. The van der Waals surface area contributed by atoms with Crippen molar-refractivity contribution in [1.82, 2.24) is 15.0 Å². The molecule has 0 radical (unpaired) electrons. The lowest BCUT2D eigenvalue weighted by molar-refractivity contribution is -0.128. The van der Waals surface area contributed by atoms with Crippen LogP contribution in [0, 0.1) is 6.92 Å². The molecule has 6 heteroatoms. The van der Waals surface area contributed by atoms with E-state index in [4.69, 9.17) is 8.94 Å². The van der Waals surface area contributed by atoms with Gasteiger partial charge in [-0.2, -0.15) is 4.98 Å². The number of carbonyl (C=O) groups excluding carboxylic acids is 1. The van der Waals surface area contributed by atoms with Crippen LogP contribution in [0.4, 0.5) is 0 Å². The third kappa shape index (κ3) is 2.82. The summed E-state index contributed by atoms with van der Waals surface area (Å²) in [5.74, 6) is 1.85. The smallest absolute Gasteiger partial charge is 0.232 e. The molecule has 1 aliphatic heterocycles. The van der Waals surface area contributed by atoms with Gasteiger partial charge in [-0.05, 0) is 25.1 Å². The molecule has 0 N–H and O–H groups in total. The summed E-state index contributed by atoms with van der Waals surface area (Å²) in [6.07, 6.45) is 2.00. The highest BCUT2D eigenvalue weighted by atomic mass is 16.5. The molecule has 1 saturated heterocycles. The second-order valence-electron chi connectivity index (χ2n) is 6.08. The molecule has 1 fully saturated rings. The standard InChI is InChI=1S/C18H17N3O3/c1-12-4-2-5-13(8-12)17-19-18(24-20-17)14-9-16(22)21(10-14)11-15-6-3-7-23-15/h2-8,14H,9-11H2,1H3. The third-order valence-corrected chi connectivity index (χ3v) is 4.21. The van der Waals surface area contributed by atoms with Crippen LogP contribution in [0.15, 0.2) is 51.6 Å². The minimum Gasteiger partial charge on any atom is -0.467 e. The van der Waals surface area contributed by atoms with Gasteiger partial charge in [-0.15, -0.1) is 0 Å². The van der Waals surface area contributed by atoms with Gasteiger partial charge in [-0.3, -0.25) is 4.79 Å². The van der Waals surface area contributed by atoms with Crippen molar-refractivity contribution in [1.29, 1.82) is 0 Å². The van der Waals surface area contributed by atoms with E-state index in [-0.39, 0.29) is 11.8 Å². The number of amides is 1. The zero-order chi connectivity index (χ0) is 16.5. The third-order valence-electron chi connectivity index (χ3n) is 4.21. The van der Waals surface area contributed by atoms with E-state index in [1.165, 1.54) is 0 Å². The van der Waals surface area contributed by atoms with Crippen molar-refractivity contribution in [3.8, 4) is 11.4 Å². The van der Waals surface area contributed by atoms with Gasteiger partial charge in [0, 0.05) is 18.5 Å². The van der Waals surface area contributed by atoms with E-state index in [0.717, 1.165) is 16.9 Å². The molecule has 0 spiro atoms. The lowest BCUT2D eigenvalue weighted by Gasteiger charge is -2.13. The summed E-state index contributed by atoms with van der Waals surface area (Å²) < 4.78 is 10.7. The molecule has 2 aromatic heterocycles. The van der Waals surface area contributed by atoms with E-state index in [1.807, 2.05) is 43.3 Å². The number of carbonyl (C=O) groups is 1. The monoisotopic (exact) mass is 323 g/mol. The number of likely N-dealkylation sites (tertiary alicyclic amines) is 1. The van der Waals surface area contributed by atoms with Crippen LogP contribution < -0.4 is 0 Å². The fraction of sp³-hybridized carbons (Fsp3) is 0.278. The van der Waals surface area contributed by atoms with Crippen molar-refractivity contribution in [3.05, 3.63) is 59.9 Å². The van der Waals surface area contributed by atoms with Crippen LogP contribution in [0.1, 0.15) is 29.6 Å². The molecule has 0 aliphatic carbocycles. The Morgan fingerprint density at radius 3 is 3.00 bits per heavy atom. The van der Waals surface area contributed by atoms with E-state index in [2.05, 4.69) is 10.1 Å². The molecule has 0 bridgehead atoms. The molecule has 1 aliphatic rings. The van der Waals surface area contributed by atoms with Crippen molar-refractivity contribution in [2.75, 3.05) is 6.54 Å². The maximum atomic E-state index is 12.2. The van der Waals surface area contributed by atoms with Crippen molar-refractivity contribution in [2.24, 2.45) is 0 Å². The fourth-order valence-electron chi connectivity index (χ4n) is 2.98. The van der Waals surface area contributed by atoms with E-state index < -0.39 is 0 Å².